The molecule has 0 atom stereocenters. The van der Waals surface area contributed by atoms with Gasteiger partial charge in [0.1, 0.15) is 5.41 Å². The number of likely N-dealkylation sites (tertiary alicyclic amines) is 1. The molecule has 4 N–H and O–H groups in total. The third-order valence-electron chi connectivity index (χ3n) is 7.17. The molecule has 0 unspecified atom stereocenters. The number of carbonyl (C=O) groups excluding carboxylic acids is 1. The van der Waals surface area contributed by atoms with Crippen molar-refractivity contribution in [3.05, 3.63) is 107 Å². The first kappa shape index (κ1) is 33.9. The summed E-state index contributed by atoms with van der Waals surface area (Å²) in [6.45, 7) is 2.31. The molecule has 4 rings (SSSR count). The zero-order valence-corrected chi connectivity index (χ0v) is 25.0. The van der Waals surface area contributed by atoms with E-state index in [9.17, 15) is 9.90 Å². The zero-order valence-electron chi connectivity index (χ0n) is 22.6. The Hall–Kier alpha value is -2.26. The molecule has 1 aliphatic heterocycles. The Morgan fingerprint density at radius 3 is 1.73 bits per heavy atom. The maximum Gasteiger partial charge on any atom is 0.466 e. The lowest BCUT2D eigenvalue weighted by Crippen LogP contribution is -2.48. The monoisotopic (exact) mass is 610 g/mol. The van der Waals surface area contributed by atoms with Crippen LogP contribution in [-0.2, 0) is 20.4 Å². The highest BCUT2D eigenvalue weighted by Gasteiger charge is 2.43. The van der Waals surface area contributed by atoms with Crippen LogP contribution in [0.15, 0.2) is 84.9 Å². The Morgan fingerprint density at radius 1 is 0.900 bits per heavy atom. The van der Waals surface area contributed by atoms with Crippen molar-refractivity contribution in [2.24, 2.45) is 0 Å². The second-order valence-corrected chi connectivity index (χ2v) is 11.4. The molecule has 40 heavy (non-hydrogen) atoms. The van der Waals surface area contributed by atoms with Crippen LogP contribution in [0.1, 0.15) is 36.0 Å². The van der Waals surface area contributed by atoms with Crippen LogP contribution in [0.5, 0.6) is 0 Å². The first-order valence-electron chi connectivity index (χ1n) is 12.7. The van der Waals surface area contributed by atoms with Crippen LogP contribution in [0.2, 0.25) is 5.02 Å². The number of piperidine rings is 1. The van der Waals surface area contributed by atoms with Crippen LogP contribution in [0.4, 0.5) is 0 Å². The summed E-state index contributed by atoms with van der Waals surface area (Å²) in [6, 6.07) is 27.7. The van der Waals surface area contributed by atoms with E-state index in [2.05, 4.69) is 29.2 Å². The number of likely N-dealkylation sites (N-methyl/N-ethyl adjacent to an activating group) is 1. The largest absolute Gasteiger partial charge is 0.466 e. The van der Waals surface area contributed by atoms with Crippen LogP contribution in [0, 0.1) is 0 Å². The molecule has 1 aliphatic rings. The molecule has 1 fully saturated rings. The molecule has 0 spiro atoms. The molecule has 11 heteroatoms. The Morgan fingerprint density at radius 2 is 1.32 bits per heavy atom. The number of rotatable bonds is 7. The molecule has 0 bridgehead atoms. The number of nitrogens with zero attached hydrogens (tertiary/aromatic N) is 2. The van der Waals surface area contributed by atoms with Crippen LogP contribution in [0.3, 0.4) is 0 Å². The van der Waals surface area contributed by atoms with Gasteiger partial charge in [0.25, 0.3) is 0 Å². The van der Waals surface area contributed by atoms with Gasteiger partial charge in [-0.25, -0.2) is 4.57 Å². The Kier molecular flexibility index (Phi) is 12.4. The van der Waals surface area contributed by atoms with Crippen molar-refractivity contribution in [1.82, 2.24) is 9.80 Å². The number of benzene rings is 3. The van der Waals surface area contributed by atoms with Crippen molar-refractivity contribution in [2.45, 2.75) is 30.3 Å². The van der Waals surface area contributed by atoms with Crippen LogP contribution in [0.25, 0.3) is 0 Å². The molecule has 1 heterocycles. The molecule has 1 amide bonds. The first-order valence-corrected chi connectivity index (χ1v) is 14.6. The number of phosphoric acid groups is 1. The van der Waals surface area contributed by atoms with E-state index >= 15 is 0 Å². The van der Waals surface area contributed by atoms with E-state index in [1.165, 1.54) is 0 Å². The summed E-state index contributed by atoms with van der Waals surface area (Å²) >= 11 is 6.03. The summed E-state index contributed by atoms with van der Waals surface area (Å²) in [7, 11) is -0.980. The van der Waals surface area contributed by atoms with Gasteiger partial charge < -0.3 is 29.6 Å². The lowest BCUT2D eigenvalue weighted by atomic mass is 9.70. The first-order chi connectivity index (χ1) is 18.3. The van der Waals surface area contributed by atoms with Crippen molar-refractivity contribution in [3.8, 4) is 0 Å². The van der Waals surface area contributed by atoms with Gasteiger partial charge in [-0.2, -0.15) is 0 Å². The number of carbonyl (C=O) groups is 1. The van der Waals surface area contributed by atoms with Crippen molar-refractivity contribution in [1.29, 1.82) is 0 Å². The summed E-state index contributed by atoms with van der Waals surface area (Å²) in [5.41, 5.74) is 1.33. The second-order valence-electron chi connectivity index (χ2n) is 9.98. The fraction of sp³-hybridized carbons (Fsp3) is 0.345. The molecular weight excluding hydrogens is 574 g/mol. The summed E-state index contributed by atoms with van der Waals surface area (Å²) < 4.78 is 8.88. The minimum atomic E-state index is -4.64. The lowest BCUT2D eigenvalue weighted by molar-refractivity contribution is -0.133. The Bertz CT molecular complexity index is 1200. The molecule has 0 radical (unpaired) electrons. The minimum absolute atomic E-state index is 0. The number of hydrogen-bond donors (Lipinski definition) is 4. The molecule has 1 saturated heterocycles. The van der Waals surface area contributed by atoms with E-state index in [0.717, 1.165) is 36.3 Å². The standard InChI is InChI=1S/C29H33ClN2O2.ClH.H3O4P/c1-31(2)27(33)29(24-9-5-3-6-10-24,25-11-7-4-8-12-25)19-22-32-20-17-28(34,18-21-32)23-13-15-26(30)16-14-23;;1-5(2,3)4/h3-16,34H,17-22H2,1-2H3;1H;(H3,1,2,3,4). The third-order valence-corrected chi connectivity index (χ3v) is 7.42. The van der Waals surface area contributed by atoms with Gasteiger partial charge in [-0.1, -0.05) is 84.4 Å². The summed E-state index contributed by atoms with van der Waals surface area (Å²) in [6.07, 6.45) is 1.97. The summed E-state index contributed by atoms with van der Waals surface area (Å²) in [5.74, 6) is 0.0829. The fourth-order valence-corrected chi connectivity index (χ4v) is 5.28. The maximum atomic E-state index is 13.8. The van der Waals surface area contributed by atoms with E-state index in [1.807, 2.05) is 74.8 Å². The predicted octanol–water partition coefficient (Wildman–Crippen LogP) is 4.58. The maximum absolute atomic E-state index is 13.8. The van der Waals surface area contributed by atoms with E-state index < -0.39 is 18.8 Å². The van der Waals surface area contributed by atoms with Gasteiger partial charge >= 0.3 is 7.82 Å². The number of amides is 1. The van der Waals surface area contributed by atoms with Gasteiger partial charge in [0.2, 0.25) is 5.91 Å². The zero-order chi connectivity index (χ0) is 28.7. The van der Waals surface area contributed by atoms with Crippen molar-refractivity contribution < 1.29 is 29.1 Å². The molecule has 3 aromatic rings. The number of hydrogen-bond acceptors (Lipinski definition) is 4. The molecule has 8 nitrogen and oxygen atoms in total. The van der Waals surface area contributed by atoms with Gasteiger partial charge in [0, 0.05) is 32.2 Å². The average molecular weight is 612 g/mol. The molecule has 0 saturated carbocycles. The van der Waals surface area contributed by atoms with Gasteiger partial charge in [0.15, 0.2) is 0 Å². The highest BCUT2D eigenvalue weighted by atomic mass is 35.5. The van der Waals surface area contributed by atoms with E-state index in [1.54, 1.807) is 4.90 Å². The van der Waals surface area contributed by atoms with Crippen molar-refractivity contribution in [2.75, 3.05) is 33.7 Å². The third kappa shape index (κ3) is 8.87. The summed E-state index contributed by atoms with van der Waals surface area (Å²) in [4.78, 5) is 39.4. The smallest absolute Gasteiger partial charge is 0.385 e. The lowest BCUT2D eigenvalue weighted by Gasteiger charge is -2.41. The highest BCUT2D eigenvalue weighted by molar-refractivity contribution is 7.45. The molecule has 0 aromatic heterocycles. The van der Waals surface area contributed by atoms with Crippen molar-refractivity contribution in [3.63, 3.8) is 0 Å². The average Bonchev–Trinajstić information content (AvgIpc) is 2.90. The quantitative estimate of drug-likeness (QED) is 0.289. The van der Waals surface area contributed by atoms with Crippen LogP contribution < -0.4 is 0 Å². The van der Waals surface area contributed by atoms with Crippen LogP contribution in [-0.4, -0.2) is 69.2 Å². The van der Waals surface area contributed by atoms with Crippen molar-refractivity contribution >= 4 is 37.7 Å². The van der Waals surface area contributed by atoms with Crippen LogP contribution >= 0.6 is 31.8 Å². The molecule has 0 aliphatic carbocycles. The summed E-state index contributed by atoms with van der Waals surface area (Å²) in [5, 5.41) is 11.9. The van der Waals surface area contributed by atoms with Gasteiger partial charge in [-0.05, 0) is 54.6 Å². The number of aliphatic hydroxyl groups is 1. The SMILES string of the molecule is CN(C)C(=O)C(CCN1CCC(O)(c2ccc(Cl)cc2)CC1)(c1ccccc1)c1ccccc1.Cl.O=P(O)(O)O. The predicted molar refractivity (Wildman–Crippen MR) is 160 cm³/mol. The van der Waals surface area contributed by atoms with E-state index in [4.69, 9.17) is 30.8 Å². The minimum Gasteiger partial charge on any atom is -0.385 e. The molecule has 218 valence electrons. The molecule has 3 aromatic carbocycles. The highest BCUT2D eigenvalue weighted by Crippen LogP contribution is 2.39. The van der Waals surface area contributed by atoms with E-state index in [-0.39, 0.29) is 18.3 Å². The topological polar surface area (TPSA) is 122 Å². The normalized spacial score (nSPS) is 15.3. The Labute approximate surface area is 246 Å². The van der Waals surface area contributed by atoms with Gasteiger partial charge in [-0.3, -0.25) is 4.79 Å². The molecular formula is C29H37Cl2N2O6P. The Balaban J connectivity index is 0.000000858. The fourth-order valence-electron chi connectivity index (χ4n) is 5.16. The van der Waals surface area contributed by atoms with Gasteiger partial charge in [0.05, 0.1) is 5.60 Å². The van der Waals surface area contributed by atoms with E-state index in [0.29, 0.717) is 24.3 Å². The number of halogens is 2. The van der Waals surface area contributed by atoms with Gasteiger partial charge in [-0.15, -0.1) is 12.4 Å². The second kappa shape index (κ2) is 14.6.